The van der Waals surface area contributed by atoms with E-state index in [-0.39, 0.29) is 0 Å². The summed E-state index contributed by atoms with van der Waals surface area (Å²) in [7, 11) is 1.60. The Balaban J connectivity index is 2.11. The second-order valence-electron chi connectivity index (χ2n) is 4.36. The highest BCUT2D eigenvalue weighted by Crippen LogP contribution is 2.47. The number of carboxylic acid groups (broad SMARTS) is 1. The molecule has 0 aliphatic heterocycles. The average Bonchev–Trinajstić information content (AvgIpc) is 3.03. The van der Waals surface area contributed by atoms with E-state index >= 15 is 0 Å². The summed E-state index contributed by atoms with van der Waals surface area (Å²) in [5, 5.41) is 9.20. The third-order valence-corrected chi connectivity index (χ3v) is 3.30. The van der Waals surface area contributed by atoms with Crippen molar-refractivity contribution >= 4 is 17.0 Å². The number of fused-ring (bicyclic) bond motifs is 1. The molecule has 0 bridgehead atoms. The molecule has 3 rings (SSSR count). The van der Waals surface area contributed by atoms with Crippen LogP contribution in [-0.4, -0.2) is 28.2 Å². The number of carboxylic acids is 1. The van der Waals surface area contributed by atoms with Crippen LogP contribution in [-0.2, 0) is 10.2 Å². The molecule has 5 nitrogen and oxygen atoms in total. The van der Waals surface area contributed by atoms with E-state index in [1.165, 1.54) is 0 Å². The molecule has 0 saturated heterocycles. The van der Waals surface area contributed by atoms with Crippen molar-refractivity contribution in [3.8, 4) is 5.75 Å². The Bertz CT molecular complexity index is 599. The molecule has 1 aliphatic carbocycles. The lowest BCUT2D eigenvalue weighted by Crippen LogP contribution is -2.20. The van der Waals surface area contributed by atoms with Crippen molar-refractivity contribution in [2.24, 2.45) is 0 Å². The number of ether oxygens (including phenoxy) is 1. The lowest BCUT2D eigenvalue weighted by atomic mass is 10.1. The smallest absolute Gasteiger partial charge is 0.317 e. The minimum atomic E-state index is -0.802. The van der Waals surface area contributed by atoms with Crippen LogP contribution in [0.25, 0.3) is 11.0 Å². The van der Waals surface area contributed by atoms with Gasteiger partial charge in [-0.1, -0.05) is 0 Å². The van der Waals surface area contributed by atoms with E-state index in [0.29, 0.717) is 18.7 Å². The van der Waals surface area contributed by atoms with Gasteiger partial charge in [0, 0.05) is 6.07 Å². The van der Waals surface area contributed by atoms with Crippen molar-refractivity contribution in [1.29, 1.82) is 0 Å². The lowest BCUT2D eigenvalue weighted by Gasteiger charge is -2.03. The molecule has 0 amide bonds. The fourth-order valence-corrected chi connectivity index (χ4v) is 2.02. The first kappa shape index (κ1) is 10.1. The Morgan fingerprint density at radius 3 is 2.88 bits per heavy atom. The van der Waals surface area contributed by atoms with Gasteiger partial charge < -0.3 is 14.8 Å². The number of rotatable bonds is 3. The summed E-state index contributed by atoms with van der Waals surface area (Å²) in [4.78, 5) is 18.6. The number of hydrogen-bond donors (Lipinski definition) is 2. The van der Waals surface area contributed by atoms with Gasteiger partial charge in [-0.2, -0.15) is 0 Å². The molecule has 88 valence electrons. The van der Waals surface area contributed by atoms with Crippen molar-refractivity contribution in [2.75, 3.05) is 7.11 Å². The van der Waals surface area contributed by atoms with Crippen LogP contribution in [0.3, 0.4) is 0 Å². The standard InChI is InChI=1S/C12H12N2O3/c1-17-7-2-3-8-9(6-7)14-10(13-8)12(4-5-12)11(15)16/h2-3,6H,4-5H2,1H3,(H,13,14)(H,15,16). The minimum Gasteiger partial charge on any atom is -0.497 e. The number of nitrogens with one attached hydrogen (secondary N) is 1. The van der Waals surface area contributed by atoms with Gasteiger partial charge in [0.1, 0.15) is 17.0 Å². The third kappa shape index (κ3) is 1.39. The van der Waals surface area contributed by atoms with Crippen LogP contribution in [0.4, 0.5) is 0 Å². The molecule has 1 aromatic heterocycles. The number of benzene rings is 1. The lowest BCUT2D eigenvalue weighted by molar-refractivity contribution is -0.140. The van der Waals surface area contributed by atoms with Crippen LogP contribution in [0.5, 0.6) is 5.75 Å². The molecule has 1 aromatic carbocycles. The molecule has 17 heavy (non-hydrogen) atoms. The largest absolute Gasteiger partial charge is 0.497 e. The summed E-state index contributed by atoms with van der Waals surface area (Å²) in [5.74, 6) is 0.477. The van der Waals surface area contributed by atoms with Crippen LogP contribution in [0.2, 0.25) is 0 Å². The van der Waals surface area contributed by atoms with Gasteiger partial charge in [0.2, 0.25) is 0 Å². The quantitative estimate of drug-likeness (QED) is 0.844. The molecule has 0 unspecified atom stereocenters. The summed E-state index contributed by atoms with van der Waals surface area (Å²) in [6, 6.07) is 5.46. The molecule has 1 fully saturated rings. The molecule has 1 saturated carbocycles. The first-order chi connectivity index (χ1) is 8.15. The van der Waals surface area contributed by atoms with Gasteiger partial charge in [0.15, 0.2) is 0 Å². The average molecular weight is 232 g/mol. The van der Waals surface area contributed by atoms with E-state index in [1.54, 1.807) is 7.11 Å². The van der Waals surface area contributed by atoms with Crippen molar-refractivity contribution in [3.05, 3.63) is 24.0 Å². The predicted octanol–water partition coefficient (Wildman–Crippen LogP) is 1.69. The Morgan fingerprint density at radius 1 is 1.53 bits per heavy atom. The number of hydrogen-bond acceptors (Lipinski definition) is 3. The second-order valence-corrected chi connectivity index (χ2v) is 4.36. The number of aliphatic carboxylic acids is 1. The normalized spacial score (nSPS) is 17.0. The molecule has 1 heterocycles. The highest BCUT2D eigenvalue weighted by atomic mass is 16.5. The van der Waals surface area contributed by atoms with Crippen molar-refractivity contribution < 1.29 is 14.6 Å². The molecular formula is C12H12N2O3. The fraction of sp³-hybridized carbons (Fsp3) is 0.333. The number of aromatic nitrogens is 2. The van der Waals surface area contributed by atoms with Crippen LogP contribution in [0.1, 0.15) is 18.7 Å². The summed E-state index contributed by atoms with van der Waals surface area (Å²) in [5.41, 5.74) is 0.798. The van der Waals surface area contributed by atoms with E-state index in [2.05, 4.69) is 9.97 Å². The molecule has 0 radical (unpaired) electrons. The summed E-state index contributed by atoms with van der Waals surface area (Å²) >= 11 is 0. The van der Waals surface area contributed by atoms with Crippen LogP contribution in [0.15, 0.2) is 18.2 Å². The van der Waals surface area contributed by atoms with Gasteiger partial charge >= 0.3 is 5.97 Å². The molecule has 0 atom stereocenters. The Labute approximate surface area is 97.4 Å². The van der Waals surface area contributed by atoms with Crippen molar-refractivity contribution in [3.63, 3.8) is 0 Å². The number of imidazole rings is 1. The van der Waals surface area contributed by atoms with Gasteiger partial charge in [-0.3, -0.25) is 4.79 Å². The maximum atomic E-state index is 11.2. The van der Waals surface area contributed by atoms with Gasteiger partial charge in [-0.05, 0) is 25.0 Å². The van der Waals surface area contributed by atoms with Gasteiger partial charge in [0.05, 0.1) is 18.1 Å². The number of H-pyrrole nitrogens is 1. The fourth-order valence-electron chi connectivity index (χ4n) is 2.02. The molecule has 5 heteroatoms. The number of methoxy groups -OCH3 is 1. The monoisotopic (exact) mass is 232 g/mol. The van der Waals surface area contributed by atoms with Gasteiger partial charge in [-0.15, -0.1) is 0 Å². The van der Waals surface area contributed by atoms with Crippen LogP contribution in [0, 0.1) is 0 Å². The summed E-state index contributed by atoms with van der Waals surface area (Å²) in [6.07, 6.45) is 1.30. The van der Waals surface area contributed by atoms with Gasteiger partial charge in [0.25, 0.3) is 0 Å². The number of aromatic amines is 1. The first-order valence-corrected chi connectivity index (χ1v) is 5.43. The van der Waals surface area contributed by atoms with E-state index in [1.807, 2.05) is 18.2 Å². The third-order valence-electron chi connectivity index (χ3n) is 3.30. The van der Waals surface area contributed by atoms with E-state index < -0.39 is 11.4 Å². The number of carbonyl (C=O) groups is 1. The van der Waals surface area contributed by atoms with Gasteiger partial charge in [-0.25, -0.2) is 4.98 Å². The Kier molecular flexibility index (Phi) is 1.92. The van der Waals surface area contributed by atoms with Crippen molar-refractivity contribution in [1.82, 2.24) is 9.97 Å². The predicted molar refractivity (Wildman–Crippen MR) is 61.2 cm³/mol. The highest BCUT2D eigenvalue weighted by Gasteiger charge is 2.54. The van der Waals surface area contributed by atoms with Crippen molar-refractivity contribution in [2.45, 2.75) is 18.3 Å². The molecule has 2 N–H and O–H groups in total. The maximum Gasteiger partial charge on any atom is 0.317 e. The second kappa shape index (κ2) is 3.23. The minimum absolute atomic E-state index is 0.549. The molecule has 1 aliphatic rings. The van der Waals surface area contributed by atoms with E-state index in [4.69, 9.17) is 4.74 Å². The SMILES string of the molecule is COc1ccc2nc(C3(C(=O)O)CC3)[nH]c2c1. The maximum absolute atomic E-state index is 11.2. The first-order valence-electron chi connectivity index (χ1n) is 5.43. The zero-order valence-electron chi connectivity index (χ0n) is 9.36. The Hall–Kier alpha value is -2.04. The number of nitrogens with zero attached hydrogens (tertiary/aromatic N) is 1. The topological polar surface area (TPSA) is 75.2 Å². The van der Waals surface area contributed by atoms with E-state index in [9.17, 15) is 9.90 Å². The van der Waals surface area contributed by atoms with Crippen LogP contribution < -0.4 is 4.74 Å². The Morgan fingerprint density at radius 2 is 2.29 bits per heavy atom. The molecular weight excluding hydrogens is 220 g/mol. The highest BCUT2D eigenvalue weighted by molar-refractivity contribution is 5.86. The van der Waals surface area contributed by atoms with Crippen LogP contribution >= 0.6 is 0 Å². The summed E-state index contributed by atoms with van der Waals surface area (Å²) < 4.78 is 5.12. The zero-order chi connectivity index (χ0) is 12.0. The zero-order valence-corrected chi connectivity index (χ0v) is 9.36. The summed E-state index contributed by atoms with van der Waals surface area (Å²) in [6.45, 7) is 0. The molecule has 2 aromatic rings. The molecule has 0 spiro atoms. The van der Waals surface area contributed by atoms with E-state index in [0.717, 1.165) is 16.8 Å².